The van der Waals surface area contributed by atoms with Gasteiger partial charge in [-0.25, -0.2) is 0 Å². The minimum Gasteiger partial charge on any atom is -0.619 e. The lowest BCUT2D eigenvalue weighted by Crippen LogP contribution is -2.24. The Morgan fingerprint density at radius 3 is 2.91 bits per heavy atom. The molecule has 0 spiro atoms. The van der Waals surface area contributed by atoms with Gasteiger partial charge in [-0.3, -0.25) is 0 Å². The molecule has 1 aliphatic heterocycles. The molecule has 0 unspecified atom stereocenters. The average molecular weight is 151 g/mol. The molecule has 0 bridgehead atoms. The van der Waals surface area contributed by atoms with Crippen LogP contribution in [0, 0.1) is 5.21 Å². The zero-order valence-corrected chi connectivity index (χ0v) is 6.23. The molecule has 3 nitrogen and oxygen atoms in total. The van der Waals surface area contributed by atoms with E-state index < -0.39 is 0 Å². The van der Waals surface area contributed by atoms with Gasteiger partial charge in [0.15, 0.2) is 12.4 Å². The Kier molecular flexibility index (Phi) is 1.32. The van der Waals surface area contributed by atoms with Crippen LogP contribution in [0.2, 0.25) is 0 Å². The van der Waals surface area contributed by atoms with Crippen molar-refractivity contribution in [2.45, 2.75) is 19.1 Å². The largest absolute Gasteiger partial charge is 0.619 e. The number of rotatable bonds is 1. The molecule has 11 heavy (non-hydrogen) atoms. The van der Waals surface area contributed by atoms with E-state index in [1.807, 2.05) is 13.0 Å². The van der Waals surface area contributed by atoms with Crippen LogP contribution in [0.1, 0.15) is 18.6 Å². The molecule has 0 aliphatic carbocycles. The first-order valence-electron chi connectivity index (χ1n) is 3.61. The highest BCUT2D eigenvalue weighted by molar-refractivity contribution is 5.15. The smallest absolute Gasteiger partial charge is 0.186 e. The number of pyridine rings is 1. The summed E-state index contributed by atoms with van der Waals surface area (Å²) in [7, 11) is 0. The van der Waals surface area contributed by atoms with Crippen molar-refractivity contribution in [3.63, 3.8) is 0 Å². The maximum atomic E-state index is 10.8. The molecule has 0 aromatic carbocycles. The Morgan fingerprint density at radius 1 is 1.64 bits per heavy atom. The van der Waals surface area contributed by atoms with E-state index in [4.69, 9.17) is 4.74 Å². The summed E-state index contributed by atoms with van der Waals surface area (Å²) < 4.78 is 6.00. The molecule has 0 N–H and O–H groups in total. The summed E-state index contributed by atoms with van der Waals surface area (Å²) in [6, 6.07) is 3.64. The lowest BCUT2D eigenvalue weighted by Gasteiger charge is -1.95. The molecule has 1 aliphatic rings. The van der Waals surface area contributed by atoms with Crippen LogP contribution in [0.4, 0.5) is 0 Å². The predicted molar refractivity (Wildman–Crippen MR) is 38.7 cm³/mol. The van der Waals surface area contributed by atoms with Crippen LogP contribution in [-0.2, 0) is 4.74 Å². The summed E-state index contributed by atoms with van der Waals surface area (Å²) >= 11 is 0. The summed E-state index contributed by atoms with van der Waals surface area (Å²) in [5, 5.41) is 10.8. The summed E-state index contributed by atoms with van der Waals surface area (Å²) in [5.74, 6) is 0. The number of aromatic nitrogens is 1. The van der Waals surface area contributed by atoms with Gasteiger partial charge in [0, 0.05) is 11.6 Å². The number of epoxide rings is 1. The molecular formula is C8H9NO2. The van der Waals surface area contributed by atoms with Crippen molar-refractivity contribution in [1.82, 2.24) is 0 Å². The number of hydrogen-bond donors (Lipinski definition) is 0. The molecule has 1 saturated heterocycles. The fourth-order valence-corrected chi connectivity index (χ4v) is 1.18. The SMILES string of the molecule is C[C@@H]1O[C@@H]1c1ccc[n+]([O-])c1. The van der Waals surface area contributed by atoms with Crippen LogP contribution >= 0.6 is 0 Å². The van der Waals surface area contributed by atoms with Crippen molar-refractivity contribution in [2.24, 2.45) is 0 Å². The zero-order chi connectivity index (χ0) is 7.84. The van der Waals surface area contributed by atoms with Gasteiger partial charge in [-0.05, 0) is 13.0 Å². The molecule has 0 saturated carbocycles. The molecule has 3 heteroatoms. The van der Waals surface area contributed by atoms with Gasteiger partial charge in [0.25, 0.3) is 0 Å². The molecule has 1 aromatic heterocycles. The lowest BCUT2D eigenvalue weighted by molar-refractivity contribution is -0.605. The van der Waals surface area contributed by atoms with Crippen molar-refractivity contribution in [2.75, 3.05) is 0 Å². The third kappa shape index (κ3) is 1.19. The highest BCUT2D eigenvalue weighted by Crippen LogP contribution is 2.37. The Labute approximate surface area is 64.8 Å². The highest BCUT2D eigenvalue weighted by atomic mass is 16.6. The summed E-state index contributed by atoms with van der Waals surface area (Å²) in [4.78, 5) is 0. The third-order valence-electron chi connectivity index (χ3n) is 1.84. The van der Waals surface area contributed by atoms with E-state index in [0.717, 1.165) is 10.3 Å². The van der Waals surface area contributed by atoms with Crippen LogP contribution in [0.3, 0.4) is 0 Å². The number of ether oxygens (including phenoxy) is 1. The summed E-state index contributed by atoms with van der Waals surface area (Å²) in [5.41, 5.74) is 0.968. The average Bonchev–Trinajstić information content (AvgIpc) is 2.67. The van der Waals surface area contributed by atoms with E-state index in [-0.39, 0.29) is 12.2 Å². The fraction of sp³-hybridized carbons (Fsp3) is 0.375. The van der Waals surface area contributed by atoms with Gasteiger partial charge in [-0.15, -0.1) is 0 Å². The standard InChI is InChI=1S/C8H9NO2/c1-6-8(11-6)7-3-2-4-9(10)5-7/h2-6,8H,1H3/t6-,8-/m0/s1. The third-order valence-corrected chi connectivity index (χ3v) is 1.84. The van der Waals surface area contributed by atoms with Crippen LogP contribution in [-0.4, -0.2) is 6.10 Å². The second-order valence-electron chi connectivity index (χ2n) is 2.76. The first-order valence-corrected chi connectivity index (χ1v) is 3.61. The zero-order valence-electron chi connectivity index (χ0n) is 6.23. The maximum absolute atomic E-state index is 10.8. The topological polar surface area (TPSA) is 39.5 Å². The van der Waals surface area contributed by atoms with Gasteiger partial charge in [0.2, 0.25) is 0 Å². The Hall–Kier alpha value is -1.09. The molecule has 1 fully saturated rings. The van der Waals surface area contributed by atoms with E-state index in [1.54, 1.807) is 12.3 Å². The number of nitrogens with zero attached hydrogens (tertiary/aromatic N) is 1. The van der Waals surface area contributed by atoms with Gasteiger partial charge in [0.1, 0.15) is 6.10 Å². The number of hydrogen-bond acceptors (Lipinski definition) is 2. The fourth-order valence-electron chi connectivity index (χ4n) is 1.18. The van der Waals surface area contributed by atoms with Crippen LogP contribution in [0.15, 0.2) is 24.5 Å². The lowest BCUT2D eigenvalue weighted by atomic mass is 10.2. The monoisotopic (exact) mass is 151 g/mol. The Bertz CT molecular complexity index is 275. The molecule has 1 aromatic rings. The van der Waals surface area contributed by atoms with Gasteiger partial charge in [-0.1, -0.05) is 0 Å². The first kappa shape index (κ1) is 6.61. The quantitative estimate of drug-likeness (QED) is 0.338. The maximum Gasteiger partial charge on any atom is 0.186 e. The van der Waals surface area contributed by atoms with Crippen molar-refractivity contribution in [3.05, 3.63) is 35.3 Å². The molecule has 2 heterocycles. The molecule has 2 rings (SSSR count). The van der Waals surface area contributed by atoms with Gasteiger partial charge in [-0.2, -0.15) is 4.73 Å². The van der Waals surface area contributed by atoms with E-state index >= 15 is 0 Å². The van der Waals surface area contributed by atoms with E-state index in [9.17, 15) is 5.21 Å². The normalized spacial score (nSPS) is 28.5. The summed E-state index contributed by atoms with van der Waals surface area (Å²) in [6.45, 7) is 1.99. The van der Waals surface area contributed by atoms with Crippen molar-refractivity contribution in [3.8, 4) is 0 Å². The summed E-state index contributed by atoms with van der Waals surface area (Å²) in [6.07, 6.45) is 3.44. The van der Waals surface area contributed by atoms with E-state index in [0.29, 0.717) is 0 Å². The molecule has 58 valence electrons. The Morgan fingerprint density at radius 2 is 2.36 bits per heavy atom. The van der Waals surface area contributed by atoms with Crippen molar-refractivity contribution in [1.29, 1.82) is 0 Å². The minimum atomic E-state index is 0.149. The second-order valence-corrected chi connectivity index (χ2v) is 2.76. The second kappa shape index (κ2) is 2.20. The molecular weight excluding hydrogens is 142 g/mol. The van der Waals surface area contributed by atoms with Gasteiger partial charge >= 0.3 is 0 Å². The van der Waals surface area contributed by atoms with Crippen LogP contribution in [0.5, 0.6) is 0 Å². The minimum absolute atomic E-state index is 0.149. The van der Waals surface area contributed by atoms with Crippen LogP contribution < -0.4 is 4.73 Å². The first-order chi connectivity index (χ1) is 5.27. The highest BCUT2D eigenvalue weighted by Gasteiger charge is 2.36. The Balaban J connectivity index is 2.25. The molecule has 0 amide bonds. The van der Waals surface area contributed by atoms with Crippen molar-refractivity contribution < 1.29 is 9.47 Å². The van der Waals surface area contributed by atoms with Crippen LogP contribution in [0.25, 0.3) is 0 Å². The molecule has 2 atom stereocenters. The van der Waals surface area contributed by atoms with E-state index in [2.05, 4.69) is 0 Å². The van der Waals surface area contributed by atoms with Gasteiger partial charge < -0.3 is 9.94 Å². The van der Waals surface area contributed by atoms with E-state index in [1.165, 1.54) is 6.20 Å². The predicted octanol–water partition coefficient (Wildman–Crippen LogP) is 0.780. The van der Waals surface area contributed by atoms with Crippen molar-refractivity contribution >= 4 is 0 Å². The molecule has 0 radical (unpaired) electrons. The van der Waals surface area contributed by atoms with Gasteiger partial charge in [0.05, 0.1) is 6.10 Å².